The predicted octanol–water partition coefficient (Wildman–Crippen LogP) is 2.36. The Morgan fingerprint density at radius 3 is 2.51 bits per heavy atom. The average molecular weight is 564 g/mol. The van der Waals surface area contributed by atoms with Crippen LogP contribution < -0.4 is 21.9 Å². The van der Waals surface area contributed by atoms with Crippen LogP contribution in [0.2, 0.25) is 0 Å². The zero-order chi connectivity index (χ0) is 29.9. The fraction of sp³-hybridized carbons (Fsp3) is 0.310. The van der Waals surface area contributed by atoms with Gasteiger partial charge in [-0.05, 0) is 44.4 Å². The number of esters is 1. The van der Waals surface area contributed by atoms with Gasteiger partial charge in [-0.2, -0.15) is 0 Å². The van der Waals surface area contributed by atoms with E-state index in [0.717, 1.165) is 5.56 Å². The van der Waals surface area contributed by atoms with Crippen LogP contribution in [0.25, 0.3) is 0 Å². The third-order valence-electron chi connectivity index (χ3n) is 6.12. The van der Waals surface area contributed by atoms with E-state index in [0.29, 0.717) is 11.3 Å². The van der Waals surface area contributed by atoms with Crippen molar-refractivity contribution in [2.24, 2.45) is 5.73 Å². The molecule has 41 heavy (non-hydrogen) atoms. The molecule has 0 saturated carbocycles. The zero-order valence-electron chi connectivity index (χ0n) is 23.1. The molecule has 2 heterocycles. The van der Waals surface area contributed by atoms with Gasteiger partial charge >= 0.3 is 5.97 Å². The lowest BCUT2D eigenvalue weighted by molar-refractivity contribution is -0.137. The van der Waals surface area contributed by atoms with Crippen LogP contribution in [0.15, 0.2) is 70.1 Å². The normalized spacial score (nSPS) is 12.5. The molecule has 3 rings (SSSR count). The number of carbonyl (C=O) groups is 4. The van der Waals surface area contributed by atoms with Crippen molar-refractivity contribution in [2.75, 3.05) is 11.9 Å². The number of hydrogen-bond acceptors (Lipinski definition) is 8. The maximum atomic E-state index is 13.7. The smallest absolute Gasteiger partial charge is 0.330 e. The van der Waals surface area contributed by atoms with Gasteiger partial charge in [0.15, 0.2) is 5.69 Å². The molecule has 1 aromatic carbocycles. The standard InChI is InChI=1S/C29H33N5O7/c1-4-40-25(36)13-11-21(10-12-24(30)35)31-28(38)23(17-20-8-6-5-7-9-20)34-15-14-18(2)26(29(34)39)32-27(37)22-16-19(3)41-33-22/h5-9,11,13-16,21,23H,4,10,12,17H2,1-3H3,(H2,30,35)(H,31,38)(H,32,37). The first-order valence-corrected chi connectivity index (χ1v) is 13.0. The molecule has 3 amide bonds. The van der Waals surface area contributed by atoms with Crippen LogP contribution in [0.1, 0.15) is 53.2 Å². The highest BCUT2D eigenvalue weighted by Gasteiger charge is 2.26. The molecule has 12 nitrogen and oxygen atoms in total. The Balaban J connectivity index is 1.97. The van der Waals surface area contributed by atoms with Gasteiger partial charge in [0.25, 0.3) is 11.5 Å². The summed E-state index contributed by atoms with van der Waals surface area (Å²) in [7, 11) is 0. The summed E-state index contributed by atoms with van der Waals surface area (Å²) in [4.78, 5) is 63.4. The topological polar surface area (TPSA) is 176 Å². The third kappa shape index (κ3) is 8.75. The number of amides is 3. The number of anilines is 1. The molecule has 0 radical (unpaired) electrons. The van der Waals surface area contributed by atoms with E-state index >= 15 is 0 Å². The molecule has 0 aliphatic heterocycles. The fourth-order valence-electron chi connectivity index (χ4n) is 4.02. The number of primary amides is 1. The minimum Gasteiger partial charge on any atom is -0.463 e. The summed E-state index contributed by atoms with van der Waals surface area (Å²) in [5.41, 5.74) is 5.94. The molecule has 3 aromatic rings. The van der Waals surface area contributed by atoms with Gasteiger partial charge < -0.3 is 30.2 Å². The van der Waals surface area contributed by atoms with Crippen LogP contribution in [0.4, 0.5) is 5.69 Å². The van der Waals surface area contributed by atoms with Gasteiger partial charge in [0, 0.05) is 37.2 Å². The number of benzene rings is 1. The van der Waals surface area contributed by atoms with E-state index in [1.165, 1.54) is 29.0 Å². The number of hydrogen-bond donors (Lipinski definition) is 3. The maximum Gasteiger partial charge on any atom is 0.330 e. The van der Waals surface area contributed by atoms with Crippen LogP contribution in [-0.2, 0) is 25.5 Å². The van der Waals surface area contributed by atoms with Crippen LogP contribution >= 0.6 is 0 Å². The van der Waals surface area contributed by atoms with E-state index in [2.05, 4.69) is 15.8 Å². The van der Waals surface area contributed by atoms with Crippen molar-refractivity contribution >= 4 is 29.4 Å². The number of aryl methyl sites for hydroxylation is 2. The van der Waals surface area contributed by atoms with Crippen molar-refractivity contribution in [3.8, 4) is 0 Å². The molecule has 0 fully saturated rings. The van der Waals surface area contributed by atoms with Crippen molar-refractivity contribution in [1.82, 2.24) is 15.0 Å². The average Bonchev–Trinajstić information content (AvgIpc) is 3.38. The van der Waals surface area contributed by atoms with E-state index in [1.54, 1.807) is 26.8 Å². The Labute approximate surface area is 236 Å². The highest BCUT2D eigenvalue weighted by Crippen LogP contribution is 2.18. The second-order valence-electron chi connectivity index (χ2n) is 9.30. The minimum atomic E-state index is -1.05. The highest BCUT2D eigenvalue weighted by molar-refractivity contribution is 6.03. The zero-order valence-corrected chi connectivity index (χ0v) is 23.1. The fourth-order valence-corrected chi connectivity index (χ4v) is 4.02. The van der Waals surface area contributed by atoms with Gasteiger partial charge in [0.2, 0.25) is 11.8 Å². The van der Waals surface area contributed by atoms with Gasteiger partial charge in [-0.25, -0.2) is 4.79 Å². The molecule has 12 heteroatoms. The van der Waals surface area contributed by atoms with Gasteiger partial charge in [-0.1, -0.05) is 41.6 Å². The first-order valence-electron chi connectivity index (χ1n) is 13.0. The number of pyridine rings is 1. The van der Waals surface area contributed by atoms with Gasteiger partial charge in [0.1, 0.15) is 17.5 Å². The summed E-state index contributed by atoms with van der Waals surface area (Å²) in [5.74, 6) is -1.94. The highest BCUT2D eigenvalue weighted by atomic mass is 16.5. The van der Waals surface area contributed by atoms with Crippen molar-refractivity contribution in [1.29, 1.82) is 0 Å². The number of nitrogens with one attached hydrogen (secondary N) is 2. The molecule has 2 unspecified atom stereocenters. The predicted molar refractivity (Wildman–Crippen MR) is 150 cm³/mol. The molecule has 0 aliphatic rings. The third-order valence-corrected chi connectivity index (χ3v) is 6.12. The summed E-state index contributed by atoms with van der Waals surface area (Å²) in [5, 5.41) is 9.08. The maximum absolute atomic E-state index is 13.7. The number of ether oxygens (including phenoxy) is 1. The monoisotopic (exact) mass is 563 g/mol. The lowest BCUT2D eigenvalue weighted by Gasteiger charge is -2.24. The Morgan fingerprint density at radius 2 is 1.88 bits per heavy atom. The van der Waals surface area contributed by atoms with E-state index < -0.39 is 41.3 Å². The Morgan fingerprint density at radius 1 is 1.15 bits per heavy atom. The van der Waals surface area contributed by atoms with Crippen LogP contribution in [0.3, 0.4) is 0 Å². The first-order chi connectivity index (χ1) is 19.6. The summed E-state index contributed by atoms with van der Waals surface area (Å²) >= 11 is 0. The summed E-state index contributed by atoms with van der Waals surface area (Å²) in [6, 6.07) is 10.3. The van der Waals surface area contributed by atoms with Crippen molar-refractivity contribution in [3.63, 3.8) is 0 Å². The van der Waals surface area contributed by atoms with Crippen molar-refractivity contribution < 1.29 is 28.4 Å². The van der Waals surface area contributed by atoms with E-state index in [4.69, 9.17) is 15.0 Å². The Kier molecular flexibility index (Phi) is 10.7. The lowest BCUT2D eigenvalue weighted by Crippen LogP contribution is -2.43. The Bertz CT molecular complexity index is 1480. The van der Waals surface area contributed by atoms with E-state index in [-0.39, 0.29) is 37.3 Å². The second-order valence-corrected chi connectivity index (χ2v) is 9.30. The molecular formula is C29H33N5O7. The molecule has 4 N–H and O–H groups in total. The lowest BCUT2D eigenvalue weighted by atomic mass is 10.0. The number of nitrogens with two attached hydrogens (primary N) is 1. The summed E-state index contributed by atoms with van der Waals surface area (Å²) in [6.07, 6.45) is 4.27. The van der Waals surface area contributed by atoms with E-state index in [9.17, 15) is 24.0 Å². The first kappa shape index (κ1) is 30.5. The Hall–Kier alpha value is -5.00. The molecular weight excluding hydrogens is 530 g/mol. The molecule has 2 aromatic heterocycles. The van der Waals surface area contributed by atoms with Gasteiger partial charge in [-0.15, -0.1) is 0 Å². The van der Waals surface area contributed by atoms with Crippen molar-refractivity contribution in [2.45, 2.75) is 52.1 Å². The summed E-state index contributed by atoms with van der Waals surface area (Å²) in [6.45, 7) is 5.12. The molecule has 2 atom stereocenters. The number of nitrogens with zero attached hydrogens (tertiary/aromatic N) is 2. The van der Waals surface area contributed by atoms with Crippen LogP contribution in [0.5, 0.6) is 0 Å². The number of aromatic nitrogens is 2. The van der Waals surface area contributed by atoms with Gasteiger partial charge in [-0.3, -0.25) is 19.2 Å². The van der Waals surface area contributed by atoms with Crippen molar-refractivity contribution in [3.05, 3.63) is 93.7 Å². The van der Waals surface area contributed by atoms with E-state index in [1.807, 2.05) is 30.3 Å². The second kappa shape index (κ2) is 14.4. The molecule has 0 bridgehead atoms. The number of carbonyl (C=O) groups excluding carboxylic acids is 4. The molecule has 0 aliphatic carbocycles. The quantitative estimate of drug-likeness (QED) is 0.210. The number of rotatable bonds is 13. The largest absolute Gasteiger partial charge is 0.463 e. The molecule has 0 saturated heterocycles. The van der Waals surface area contributed by atoms with Crippen LogP contribution in [0, 0.1) is 13.8 Å². The molecule has 0 spiro atoms. The molecule has 216 valence electrons. The van der Waals surface area contributed by atoms with Gasteiger partial charge in [0.05, 0.1) is 6.61 Å². The van der Waals surface area contributed by atoms with Crippen LogP contribution in [-0.4, -0.2) is 46.1 Å². The SMILES string of the molecule is CCOC(=O)C=CC(CCC(N)=O)NC(=O)C(Cc1ccccc1)n1ccc(C)c(NC(=O)c2cc(C)on2)c1=O. The summed E-state index contributed by atoms with van der Waals surface area (Å²) < 4.78 is 11.1. The minimum absolute atomic E-state index is 0.000890.